The van der Waals surface area contributed by atoms with Gasteiger partial charge in [-0.1, -0.05) is 33.8 Å². The molecule has 0 fully saturated rings. The molecule has 3 aromatic rings. The SMILES string of the molecule is CC(C)C[C@](C)(N)COc1ccc(-c2ccnc(-n3nc(C(N)=O)cc3C(C)C)c2)cc1C(F)(F)F. The highest BCUT2D eigenvalue weighted by Gasteiger charge is 2.35. The Morgan fingerprint density at radius 1 is 1.08 bits per heavy atom. The van der Waals surface area contributed by atoms with E-state index < -0.39 is 23.2 Å². The summed E-state index contributed by atoms with van der Waals surface area (Å²) in [6.45, 7) is 9.54. The van der Waals surface area contributed by atoms with Crippen molar-refractivity contribution in [1.29, 1.82) is 0 Å². The first kappa shape index (κ1) is 27.2. The molecule has 0 spiro atoms. The number of amides is 1. The number of primary amides is 1. The average molecular weight is 504 g/mol. The van der Waals surface area contributed by atoms with Crippen molar-refractivity contribution in [3.05, 3.63) is 59.5 Å². The monoisotopic (exact) mass is 503 g/mol. The molecule has 0 aliphatic rings. The second-order valence-electron chi connectivity index (χ2n) is 10.0. The molecule has 0 radical (unpaired) electrons. The van der Waals surface area contributed by atoms with Crippen LogP contribution in [0.5, 0.6) is 5.75 Å². The standard InChI is InChI=1S/C26H32F3N5O2/c1-15(2)13-25(5,31)14-36-22-7-6-17(10-19(22)26(27,28)29)18-8-9-32-23(11-18)34-21(16(3)4)12-20(33-34)24(30)35/h6-12,15-16H,13-14,31H2,1-5H3,(H2,30,35)/t25-/m0/s1. The van der Waals surface area contributed by atoms with Gasteiger partial charge < -0.3 is 16.2 Å². The van der Waals surface area contributed by atoms with Crippen molar-refractivity contribution < 1.29 is 22.7 Å². The third kappa shape index (κ3) is 6.42. The van der Waals surface area contributed by atoms with Gasteiger partial charge in [-0.3, -0.25) is 4.79 Å². The highest BCUT2D eigenvalue weighted by Crippen LogP contribution is 2.39. The van der Waals surface area contributed by atoms with Crippen molar-refractivity contribution in [3.63, 3.8) is 0 Å². The van der Waals surface area contributed by atoms with Gasteiger partial charge in [0.1, 0.15) is 12.4 Å². The van der Waals surface area contributed by atoms with E-state index >= 15 is 0 Å². The zero-order valence-electron chi connectivity index (χ0n) is 21.1. The third-order valence-electron chi connectivity index (χ3n) is 5.59. The van der Waals surface area contributed by atoms with Crippen LogP contribution in [0, 0.1) is 5.92 Å². The highest BCUT2D eigenvalue weighted by atomic mass is 19.4. The van der Waals surface area contributed by atoms with Crippen molar-refractivity contribution in [1.82, 2.24) is 14.8 Å². The van der Waals surface area contributed by atoms with E-state index in [4.69, 9.17) is 16.2 Å². The van der Waals surface area contributed by atoms with Gasteiger partial charge in [-0.05, 0) is 66.6 Å². The molecular weight excluding hydrogens is 471 g/mol. The summed E-state index contributed by atoms with van der Waals surface area (Å²) >= 11 is 0. The molecule has 4 N–H and O–H groups in total. The smallest absolute Gasteiger partial charge is 0.419 e. The molecule has 0 saturated carbocycles. The molecule has 0 unspecified atom stereocenters. The second-order valence-corrected chi connectivity index (χ2v) is 10.0. The summed E-state index contributed by atoms with van der Waals surface area (Å²) in [7, 11) is 0. The number of hydrogen-bond acceptors (Lipinski definition) is 5. The van der Waals surface area contributed by atoms with Crippen LogP contribution in [0.15, 0.2) is 42.6 Å². The predicted molar refractivity (Wildman–Crippen MR) is 132 cm³/mol. The fraction of sp³-hybridized carbons (Fsp3) is 0.423. The Labute approximate surface area is 208 Å². The quantitative estimate of drug-likeness (QED) is 0.411. The summed E-state index contributed by atoms with van der Waals surface area (Å²) in [5.41, 5.74) is 11.5. The molecule has 1 aromatic carbocycles. The van der Waals surface area contributed by atoms with Gasteiger partial charge in [-0.25, -0.2) is 9.67 Å². The maximum atomic E-state index is 14.0. The molecule has 10 heteroatoms. The minimum Gasteiger partial charge on any atom is -0.491 e. The molecule has 2 aromatic heterocycles. The summed E-state index contributed by atoms with van der Waals surface area (Å²) in [5, 5.41) is 4.24. The van der Waals surface area contributed by atoms with Gasteiger partial charge in [0.05, 0.1) is 5.56 Å². The minimum absolute atomic E-state index is 0.00625. The molecule has 0 aliphatic carbocycles. The van der Waals surface area contributed by atoms with Crippen molar-refractivity contribution in [2.45, 2.75) is 58.7 Å². The van der Waals surface area contributed by atoms with E-state index in [1.807, 2.05) is 27.7 Å². The largest absolute Gasteiger partial charge is 0.491 e. The molecule has 1 amide bonds. The number of benzene rings is 1. The van der Waals surface area contributed by atoms with E-state index in [1.54, 1.807) is 31.2 Å². The Morgan fingerprint density at radius 3 is 2.33 bits per heavy atom. The zero-order chi connectivity index (χ0) is 26.8. The first-order chi connectivity index (χ1) is 16.7. The van der Waals surface area contributed by atoms with E-state index in [0.717, 1.165) is 6.07 Å². The number of carbonyl (C=O) groups excluding carboxylic acids is 1. The number of pyridine rings is 1. The summed E-state index contributed by atoms with van der Waals surface area (Å²) in [6, 6.07) is 8.71. The fourth-order valence-corrected chi connectivity index (χ4v) is 4.12. The van der Waals surface area contributed by atoms with Crippen LogP contribution in [-0.2, 0) is 6.18 Å². The molecule has 2 heterocycles. The number of hydrogen-bond donors (Lipinski definition) is 2. The van der Waals surface area contributed by atoms with Crippen LogP contribution in [0.2, 0.25) is 0 Å². The summed E-state index contributed by atoms with van der Waals surface area (Å²) in [5.74, 6) is -0.335. The first-order valence-electron chi connectivity index (χ1n) is 11.7. The van der Waals surface area contributed by atoms with Crippen molar-refractivity contribution in [3.8, 4) is 22.7 Å². The van der Waals surface area contributed by atoms with E-state index in [-0.39, 0.29) is 29.9 Å². The molecule has 1 atom stereocenters. The van der Waals surface area contributed by atoms with Crippen molar-refractivity contribution >= 4 is 5.91 Å². The molecule has 7 nitrogen and oxygen atoms in total. The lowest BCUT2D eigenvalue weighted by atomic mass is 9.93. The Morgan fingerprint density at radius 2 is 1.75 bits per heavy atom. The summed E-state index contributed by atoms with van der Waals surface area (Å²) < 4.78 is 48.9. The van der Waals surface area contributed by atoms with Gasteiger partial charge >= 0.3 is 6.18 Å². The summed E-state index contributed by atoms with van der Waals surface area (Å²) in [4.78, 5) is 15.9. The van der Waals surface area contributed by atoms with Crippen LogP contribution in [0.3, 0.4) is 0 Å². The average Bonchev–Trinajstić information content (AvgIpc) is 3.23. The minimum atomic E-state index is -4.63. The van der Waals surface area contributed by atoms with Crippen LogP contribution < -0.4 is 16.2 Å². The predicted octanol–water partition coefficient (Wildman–Crippen LogP) is 5.32. The lowest BCUT2D eigenvalue weighted by molar-refractivity contribution is -0.139. The first-order valence-corrected chi connectivity index (χ1v) is 11.7. The van der Waals surface area contributed by atoms with Crippen LogP contribution in [0.1, 0.15) is 68.7 Å². The van der Waals surface area contributed by atoms with Gasteiger partial charge in [0.15, 0.2) is 11.5 Å². The van der Waals surface area contributed by atoms with E-state index in [1.165, 1.54) is 16.9 Å². The number of aromatic nitrogens is 3. The highest BCUT2D eigenvalue weighted by molar-refractivity contribution is 5.91. The number of nitrogens with two attached hydrogens (primary N) is 2. The Balaban J connectivity index is 1.99. The maximum absolute atomic E-state index is 14.0. The second kappa shape index (κ2) is 10.3. The van der Waals surface area contributed by atoms with Crippen LogP contribution in [0.4, 0.5) is 13.2 Å². The van der Waals surface area contributed by atoms with Crippen LogP contribution >= 0.6 is 0 Å². The number of ether oxygens (including phenoxy) is 1. The molecule has 0 bridgehead atoms. The molecule has 36 heavy (non-hydrogen) atoms. The van der Waals surface area contributed by atoms with Crippen molar-refractivity contribution in [2.24, 2.45) is 17.4 Å². The molecule has 0 aliphatic heterocycles. The zero-order valence-corrected chi connectivity index (χ0v) is 21.1. The Hall–Kier alpha value is -3.40. The number of halogens is 3. The Bertz CT molecular complexity index is 1230. The van der Waals surface area contributed by atoms with Crippen molar-refractivity contribution in [2.75, 3.05) is 6.61 Å². The third-order valence-corrected chi connectivity index (χ3v) is 5.59. The van der Waals surface area contributed by atoms with Gasteiger partial charge in [-0.2, -0.15) is 18.3 Å². The lowest BCUT2D eigenvalue weighted by Gasteiger charge is -2.27. The normalized spacial score (nSPS) is 13.8. The van der Waals surface area contributed by atoms with Crippen LogP contribution in [0.25, 0.3) is 16.9 Å². The number of carbonyl (C=O) groups is 1. The van der Waals surface area contributed by atoms with E-state index in [2.05, 4.69) is 10.1 Å². The van der Waals surface area contributed by atoms with Gasteiger partial charge in [-0.15, -0.1) is 0 Å². The Kier molecular flexibility index (Phi) is 7.78. The van der Waals surface area contributed by atoms with Crippen LogP contribution in [-0.4, -0.2) is 32.8 Å². The molecule has 3 rings (SSSR count). The fourth-order valence-electron chi connectivity index (χ4n) is 4.12. The summed E-state index contributed by atoms with van der Waals surface area (Å²) in [6.07, 6.45) is -2.55. The molecule has 194 valence electrons. The number of rotatable bonds is 9. The number of alkyl halides is 3. The van der Waals surface area contributed by atoms with Gasteiger partial charge in [0, 0.05) is 17.4 Å². The van der Waals surface area contributed by atoms with Gasteiger partial charge in [0.25, 0.3) is 5.91 Å². The number of nitrogens with zero attached hydrogens (tertiary/aromatic N) is 3. The van der Waals surface area contributed by atoms with E-state index in [0.29, 0.717) is 29.1 Å². The molecular formula is C26H32F3N5O2. The van der Waals surface area contributed by atoms with Gasteiger partial charge in [0.2, 0.25) is 0 Å². The van der Waals surface area contributed by atoms with E-state index in [9.17, 15) is 18.0 Å². The molecule has 0 saturated heterocycles. The topological polar surface area (TPSA) is 109 Å². The lowest BCUT2D eigenvalue weighted by Crippen LogP contribution is -2.43. The maximum Gasteiger partial charge on any atom is 0.419 e.